The molecule has 66 valence electrons. The van der Waals surface area contributed by atoms with E-state index >= 15 is 0 Å². The Bertz CT molecular complexity index is 213. The smallest absolute Gasteiger partial charge is 0.311 e. The van der Waals surface area contributed by atoms with Crippen LogP contribution in [0, 0.1) is 17.8 Å². The maximum absolute atomic E-state index is 11.1. The minimum atomic E-state index is -0.440. The molecule has 0 saturated heterocycles. The number of hydrogen-bond acceptors (Lipinski definition) is 2. The van der Waals surface area contributed by atoms with Gasteiger partial charge >= 0.3 is 5.97 Å². The number of ether oxygens (including phenoxy) is 1. The molecule has 0 radical (unpaired) electrons. The molecule has 0 aliphatic heterocycles. The molecule has 0 spiro atoms. The van der Waals surface area contributed by atoms with Gasteiger partial charge in [0.15, 0.2) is 0 Å². The van der Waals surface area contributed by atoms with Crippen LogP contribution in [0.2, 0.25) is 0 Å². The molecular weight excluding hydrogens is 152 g/mol. The van der Waals surface area contributed by atoms with Gasteiger partial charge in [-0.2, -0.15) is 0 Å². The van der Waals surface area contributed by atoms with E-state index in [1.165, 1.54) is 6.08 Å². The van der Waals surface area contributed by atoms with Crippen LogP contribution >= 0.6 is 0 Å². The molecule has 0 N–H and O–H groups in total. The molecule has 0 rings (SSSR count). The molecule has 0 aliphatic carbocycles. The summed E-state index contributed by atoms with van der Waals surface area (Å²) in [6.45, 7) is 5.67. The summed E-state index contributed by atoms with van der Waals surface area (Å²) >= 11 is 0. The van der Waals surface area contributed by atoms with Crippen LogP contribution in [0.1, 0.15) is 20.8 Å². The van der Waals surface area contributed by atoms with Crippen molar-refractivity contribution in [1.29, 1.82) is 0 Å². The fourth-order valence-electron chi connectivity index (χ4n) is 0.456. The molecule has 0 saturated carbocycles. The summed E-state index contributed by atoms with van der Waals surface area (Å²) in [6, 6.07) is 0. The predicted molar refractivity (Wildman–Crippen MR) is 48.4 cm³/mol. The largest absolute Gasteiger partial charge is 0.461 e. The Morgan fingerprint density at radius 2 is 2.17 bits per heavy atom. The molecule has 0 aliphatic rings. The summed E-state index contributed by atoms with van der Waals surface area (Å²) in [7, 11) is 0. The summed E-state index contributed by atoms with van der Waals surface area (Å²) in [6.07, 6.45) is 8.09. The molecule has 0 aromatic heterocycles. The number of esters is 1. The van der Waals surface area contributed by atoms with Crippen molar-refractivity contribution in [1.82, 2.24) is 0 Å². The van der Waals surface area contributed by atoms with Gasteiger partial charge in [-0.1, -0.05) is 5.92 Å². The Kier molecular flexibility index (Phi) is 4.14. The van der Waals surface area contributed by atoms with Crippen LogP contribution < -0.4 is 0 Å². The van der Waals surface area contributed by atoms with Crippen molar-refractivity contribution in [2.24, 2.45) is 5.41 Å². The van der Waals surface area contributed by atoms with Crippen molar-refractivity contribution in [2.75, 3.05) is 6.61 Å². The van der Waals surface area contributed by atoms with Crippen LogP contribution in [0.15, 0.2) is 12.2 Å². The Morgan fingerprint density at radius 1 is 1.58 bits per heavy atom. The van der Waals surface area contributed by atoms with E-state index in [4.69, 9.17) is 11.2 Å². The lowest BCUT2D eigenvalue weighted by molar-refractivity contribution is -0.151. The zero-order chi connectivity index (χ0) is 9.61. The van der Waals surface area contributed by atoms with Crippen LogP contribution in [0.5, 0.6) is 0 Å². The third kappa shape index (κ3) is 4.56. The quantitative estimate of drug-likeness (QED) is 0.461. The topological polar surface area (TPSA) is 26.3 Å². The first-order chi connectivity index (χ1) is 5.48. The third-order valence-electron chi connectivity index (χ3n) is 1.14. The summed E-state index contributed by atoms with van der Waals surface area (Å²) in [5.74, 6) is 2.09. The highest BCUT2D eigenvalue weighted by Gasteiger charge is 2.22. The molecular formula is C10H14O2. The van der Waals surface area contributed by atoms with Gasteiger partial charge in [-0.3, -0.25) is 4.79 Å². The van der Waals surface area contributed by atoms with Gasteiger partial charge in [0.25, 0.3) is 0 Å². The van der Waals surface area contributed by atoms with E-state index in [2.05, 4.69) is 5.92 Å². The van der Waals surface area contributed by atoms with Gasteiger partial charge in [0.2, 0.25) is 0 Å². The average Bonchev–Trinajstić information content (AvgIpc) is 1.96. The first-order valence-corrected chi connectivity index (χ1v) is 3.77. The molecule has 0 heterocycles. The van der Waals surface area contributed by atoms with Gasteiger partial charge < -0.3 is 4.74 Å². The van der Waals surface area contributed by atoms with Crippen molar-refractivity contribution >= 4 is 5.97 Å². The minimum Gasteiger partial charge on any atom is -0.461 e. The van der Waals surface area contributed by atoms with E-state index in [1.54, 1.807) is 26.8 Å². The molecule has 2 heteroatoms. The predicted octanol–water partition coefficient (Wildman–Crippen LogP) is 1.77. The van der Waals surface area contributed by atoms with Crippen LogP contribution in [-0.4, -0.2) is 12.6 Å². The van der Waals surface area contributed by atoms with E-state index in [0.717, 1.165) is 0 Å². The lowest BCUT2D eigenvalue weighted by Crippen LogP contribution is -2.22. The third-order valence-corrected chi connectivity index (χ3v) is 1.14. The zero-order valence-electron chi connectivity index (χ0n) is 7.76. The highest BCUT2D eigenvalue weighted by atomic mass is 16.5. The van der Waals surface area contributed by atoms with Gasteiger partial charge in [-0.05, 0) is 32.9 Å². The highest BCUT2D eigenvalue weighted by Crippen LogP contribution is 2.14. The molecule has 0 aromatic carbocycles. The molecule has 0 aromatic rings. The van der Waals surface area contributed by atoms with Gasteiger partial charge in [0.1, 0.15) is 6.61 Å². The van der Waals surface area contributed by atoms with E-state index in [-0.39, 0.29) is 12.6 Å². The molecule has 0 bridgehead atoms. The Morgan fingerprint density at radius 3 is 2.58 bits per heavy atom. The van der Waals surface area contributed by atoms with E-state index < -0.39 is 5.41 Å². The average molecular weight is 166 g/mol. The normalized spacial score (nSPS) is 11.2. The summed E-state index contributed by atoms with van der Waals surface area (Å²) in [4.78, 5) is 11.1. The van der Waals surface area contributed by atoms with Crippen LogP contribution in [0.3, 0.4) is 0 Å². The van der Waals surface area contributed by atoms with Crippen LogP contribution in [-0.2, 0) is 9.53 Å². The molecule has 2 nitrogen and oxygen atoms in total. The minimum absolute atomic E-state index is 0.218. The lowest BCUT2D eigenvalue weighted by atomic mass is 9.97. The number of carbonyl (C=O) groups is 1. The summed E-state index contributed by atoms with van der Waals surface area (Å²) in [5, 5.41) is 0. The number of hydrogen-bond donors (Lipinski definition) is 0. The second-order valence-electron chi connectivity index (χ2n) is 3.42. The van der Waals surface area contributed by atoms with Gasteiger partial charge in [-0.15, -0.1) is 6.42 Å². The Balaban J connectivity index is 3.75. The Hall–Kier alpha value is -1.23. The molecule has 0 atom stereocenters. The SMILES string of the molecule is C#CC=CCOC(=O)C(C)(C)C. The number of carbonyl (C=O) groups excluding carboxylic acids is 1. The highest BCUT2D eigenvalue weighted by molar-refractivity contribution is 5.75. The maximum Gasteiger partial charge on any atom is 0.311 e. The van der Waals surface area contributed by atoms with Crippen molar-refractivity contribution < 1.29 is 9.53 Å². The lowest BCUT2D eigenvalue weighted by Gasteiger charge is -2.15. The number of terminal acetylenes is 1. The second-order valence-corrected chi connectivity index (χ2v) is 3.42. The van der Waals surface area contributed by atoms with E-state index in [1.807, 2.05) is 0 Å². The Labute approximate surface area is 73.6 Å². The van der Waals surface area contributed by atoms with Crippen LogP contribution in [0.25, 0.3) is 0 Å². The zero-order valence-corrected chi connectivity index (χ0v) is 7.76. The van der Waals surface area contributed by atoms with Crippen LogP contribution in [0.4, 0.5) is 0 Å². The van der Waals surface area contributed by atoms with Gasteiger partial charge in [0.05, 0.1) is 5.41 Å². The number of rotatable bonds is 2. The van der Waals surface area contributed by atoms with Crippen molar-refractivity contribution in [3.05, 3.63) is 12.2 Å². The second kappa shape index (κ2) is 4.61. The maximum atomic E-state index is 11.1. The number of allylic oxidation sites excluding steroid dienone is 1. The van der Waals surface area contributed by atoms with Gasteiger partial charge in [-0.25, -0.2) is 0 Å². The molecule has 0 unspecified atom stereocenters. The first kappa shape index (κ1) is 10.8. The molecule has 0 amide bonds. The van der Waals surface area contributed by atoms with Crippen molar-refractivity contribution in [3.8, 4) is 12.3 Å². The van der Waals surface area contributed by atoms with E-state index in [9.17, 15) is 4.79 Å². The van der Waals surface area contributed by atoms with Gasteiger partial charge in [0, 0.05) is 0 Å². The van der Waals surface area contributed by atoms with Crippen molar-refractivity contribution in [3.63, 3.8) is 0 Å². The fourth-order valence-corrected chi connectivity index (χ4v) is 0.456. The molecule has 12 heavy (non-hydrogen) atoms. The first-order valence-electron chi connectivity index (χ1n) is 3.77. The fraction of sp³-hybridized carbons (Fsp3) is 0.500. The summed E-state index contributed by atoms with van der Waals surface area (Å²) < 4.78 is 4.89. The van der Waals surface area contributed by atoms with E-state index in [0.29, 0.717) is 0 Å². The monoisotopic (exact) mass is 166 g/mol. The summed E-state index contributed by atoms with van der Waals surface area (Å²) in [5.41, 5.74) is -0.440. The standard InChI is InChI=1S/C10H14O2/c1-5-6-7-8-12-9(11)10(2,3)4/h1,6-7H,8H2,2-4H3. The van der Waals surface area contributed by atoms with Crippen molar-refractivity contribution in [2.45, 2.75) is 20.8 Å². The molecule has 0 fully saturated rings.